The van der Waals surface area contributed by atoms with Gasteiger partial charge in [-0.05, 0) is 77.0 Å². The van der Waals surface area contributed by atoms with E-state index in [2.05, 4.69) is 74.6 Å². The lowest BCUT2D eigenvalue weighted by molar-refractivity contribution is -0.161. The molecule has 450 valence electrons. The summed E-state index contributed by atoms with van der Waals surface area (Å²) in [5.41, 5.74) is 5.39. The van der Waals surface area contributed by atoms with Gasteiger partial charge in [0, 0.05) is 19.4 Å². The Morgan fingerprint density at radius 2 is 0.714 bits per heavy atom. The van der Waals surface area contributed by atoms with Gasteiger partial charge in [-0.25, -0.2) is 4.57 Å². The molecule has 0 aliphatic rings. The second-order valence-corrected chi connectivity index (χ2v) is 23.4. The molecule has 77 heavy (non-hydrogen) atoms. The van der Waals surface area contributed by atoms with Crippen LogP contribution in [0.2, 0.25) is 0 Å². The first-order valence-electron chi connectivity index (χ1n) is 32.8. The minimum Gasteiger partial charge on any atom is -0.462 e. The highest BCUT2D eigenvalue weighted by Gasteiger charge is 2.26. The lowest BCUT2D eigenvalue weighted by Crippen LogP contribution is -2.29. The lowest BCUT2D eigenvalue weighted by atomic mass is 10.0. The molecular formula is C67H124NO8P. The zero-order valence-corrected chi connectivity index (χ0v) is 51.3. The third kappa shape index (κ3) is 62.8. The Morgan fingerprint density at radius 1 is 0.403 bits per heavy atom. The first-order chi connectivity index (χ1) is 37.8. The van der Waals surface area contributed by atoms with E-state index in [0.717, 1.165) is 57.8 Å². The number of allylic oxidation sites excluding steroid dienone is 10. The molecule has 0 aromatic rings. The molecule has 0 aromatic heterocycles. The van der Waals surface area contributed by atoms with Gasteiger partial charge in [-0.3, -0.25) is 18.6 Å². The largest absolute Gasteiger partial charge is 0.472 e. The normalized spacial score (nSPS) is 13.4. The van der Waals surface area contributed by atoms with Gasteiger partial charge in [-0.2, -0.15) is 0 Å². The van der Waals surface area contributed by atoms with Crippen molar-refractivity contribution in [2.24, 2.45) is 5.73 Å². The van der Waals surface area contributed by atoms with Gasteiger partial charge >= 0.3 is 19.8 Å². The summed E-state index contributed by atoms with van der Waals surface area (Å²) in [5.74, 6) is -0.814. The summed E-state index contributed by atoms with van der Waals surface area (Å²) in [6.07, 6.45) is 80.3. The number of carbonyl (C=O) groups excluding carboxylic acids is 2. The second-order valence-electron chi connectivity index (χ2n) is 22.0. The molecule has 0 spiro atoms. The Balaban J connectivity index is 3.80. The number of esters is 2. The molecular weight excluding hydrogens is 978 g/mol. The van der Waals surface area contributed by atoms with E-state index in [-0.39, 0.29) is 38.6 Å². The minimum absolute atomic E-state index is 0.0543. The number of rotatable bonds is 62. The summed E-state index contributed by atoms with van der Waals surface area (Å²) < 4.78 is 33.1. The molecule has 0 aromatic carbocycles. The minimum atomic E-state index is -4.39. The van der Waals surface area contributed by atoms with Crippen molar-refractivity contribution in [1.29, 1.82) is 0 Å². The third-order valence-electron chi connectivity index (χ3n) is 14.4. The topological polar surface area (TPSA) is 134 Å². The van der Waals surface area contributed by atoms with Gasteiger partial charge in [0.05, 0.1) is 13.2 Å². The fourth-order valence-electron chi connectivity index (χ4n) is 9.57. The first-order valence-corrected chi connectivity index (χ1v) is 34.3. The van der Waals surface area contributed by atoms with Crippen LogP contribution in [-0.4, -0.2) is 49.3 Å². The quantitative estimate of drug-likeness (QED) is 0.0264. The summed E-state index contributed by atoms with van der Waals surface area (Å²) in [7, 11) is -4.39. The molecule has 0 heterocycles. The maximum atomic E-state index is 12.7. The lowest BCUT2D eigenvalue weighted by Gasteiger charge is -2.19. The van der Waals surface area contributed by atoms with Crippen LogP contribution in [0.5, 0.6) is 0 Å². The number of hydrogen-bond acceptors (Lipinski definition) is 8. The highest BCUT2D eigenvalue weighted by atomic mass is 31.2. The van der Waals surface area contributed by atoms with Gasteiger partial charge in [0.25, 0.3) is 0 Å². The highest BCUT2D eigenvalue weighted by Crippen LogP contribution is 2.43. The third-order valence-corrected chi connectivity index (χ3v) is 15.4. The van der Waals surface area contributed by atoms with E-state index in [1.807, 2.05) is 0 Å². The first kappa shape index (κ1) is 74.7. The van der Waals surface area contributed by atoms with Crippen molar-refractivity contribution < 1.29 is 37.6 Å². The van der Waals surface area contributed by atoms with Crippen LogP contribution >= 0.6 is 7.82 Å². The molecule has 2 atom stereocenters. The van der Waals surface area contributed by atoms with Crippen molar-refractivity contribution in [1.82, 2.24) is 0 Å². The van der Waals surface area contributed by atoms with E-state index < -0.39 is 26.5 Å². The van der Waals surface area contributed by atoms with Crippen molar-refractivity contribution in [3.8, 4) is 0 Å². The molecule has 0 saturated carbocycles. The number of unbranched alkanes of at least 4 members (excludes halogenated alkanes) is 39. The van der Waals surface area contributed by atoms with Crippen LogP contribution in [0.25, 0.3) is 0 Å². The summed E-state index contributed by atoms with van der Waals surface area (Å²) in [6, 6.07) is 0. The fraction of sp³-hybridized carbons (Fsp3) is 0.821. The van der Waals surface area contributed by atoms with E-state index in [0.29, 0.717) is 6.42 Å². The van der Waals surface area contributed by atoms with Crippen LogP contribution in [0.1, 0.15) is 322 Å². The molecule has 10 heteroatoms. The summed E-state index contributed by atoms with van der Waals surface area (Å²) >= 11 is 0. The Kier molecular flexibility index (Phi) is 61.0. The number of phosphoric acid groups is 1. The molecule has 0 saturated heterocycles. The Morgan fingerprint density at radius 3 is 1.08 bits per heavy atom. The van der Waals surface area contributed by atoms with Gasteiger partial charge in [-0.1, -0.05) is 293 Å². The van der Waals surface area contributed by atoms with Gasteiger partial charge in [0.2, 0.25) is 0 Å². The number of hydrogen-bond donors (Lipinski definition) is 2. The summed E-state index contributed by atoms with van der Waals surface area (Å²) in [6.45, 7) is 3.67. The van der Waals surface area contributed by atoms with Gasteiger partial charge in [0.15, 0.2) is 6.10 Å². The molecule has 0 aliphatic carbocycles. The van der Waals surface area contributed by atoms with Crippen molar-refractivity contribution in [3.05, 3.63) is 60.8 Å². The van der Waals surface area contributed by atoms with Crippen molar-refractivity contribution in [3.63, 3.8) is 0 Å². The Bertz CT molecular complexity index is 1440. The molecule has 0 amide bonds. The number of phosphoric ester groups is 1. The van der Waals surface area contributed by atoms with E-state index in [1.54, 1.807) is 0 Å². The van der Waals surface area contributed by atoms with Crippen molar-refractivity contribution in [2.75, 3.05) is 26.4 Å². The number of ether oxygens (including phenoxy) is 2. The second kappa shape index (κ2) is 62.9. The zero-order valence-electron chi connectivity index (χ0n) is 50.4. The van der Waals surface area contributed by atoms with Crippen LogP contribution in [-0.2, 0) is 32.7 Å². The summed E-state index contributed by atoms with van der Waals surface area (Å²) in [4.78, 5) is 35.3. The van der Waals surface area contributed by atoms with E-state index in [9.17, 15) is 19.0 Å². The molecule has 0 fully saturated rings. The SMILES string of the molecule is CC/C=C\C/C=C\C/C=C\C/C=C\CCCCCCCCCCCCCCCCCCCCCCCCCCC(=O)OC(COC(=O)CCCCCCCCCCC/C=C\CCCCCCCC)COP(=O)(O)OCCN. The molecule has 0 rings (SSSR count). The fourth-order valence-corrected chi connectivity index (χ4v) is 10.3. The average molecular weight is 1100 g/mol. The number of nitrogens with two attached hydrogens (primary N) is 1. The Labute approximate surface area is 476 Å². The van der Waals surface area contributed by atoms with Crippen LogP contribution < -0.4 is 5.73 Å². The summed E-state index contributed by atoms with van der Waals surface area (Å²) in [5, 5.41) is 0. The van der Waals surface area contributed by atoms with E-state index in [1.165, 1.54) is 231 Å². The molecule has 9 nitrogen and oxygen atoms in total. The monoisotopic (exact) mass is 1100 g/mol. The highest BCUT2D eigenvalue weighted by molar-refractivity contribution is 7.47. The average Bonchev–Trinajstić information content (AvgIpc) is 3.42. The molecule has 2 unspecified atom stereocenters. The zero-order chi connectivity index (χ0) is 55.9. The maximum Gasteiger partial charge on any atom is 0.472 e. The van der Waals surface area contributed by atoms with Crippen molar-refractivity contribution in [2.45, 2.75) is 328 Å². The van der Waals surface area contributed by atoms with Crippen molar-refractivity contribution >= 4 is 19.8 Å². The Hall–Kier alpha value is -2.29. The van der Waals surface area contributed by atoms with Crippen LogP contribution in [0.4, 0.5) is 0 Å². The maximum absolute atomic E-state index is 12.7. The van der Waals surface area contributed by atoms with Gasteiger partial charge in [-0.15, -0.1) is 0 Å². The number of carbonyl (C=O) groups is 2. The van der Waals surface area contributed by atoms with E-state index >= 15 is 0 Å². The molecule has 0 aliphatic heterocycles. The van der Waals surface area contributed by atoms with Gasteiger partial charge in [0.1, 0.15) is 6.61 Å². The van der Waals surface area contributed by atoms with E-state index in [4.69, 9.17) is 24.3 Å². The molecule has 0 bridgehead atoms. The predicted octanol–water partition coefficient (Wildman–Crippen LogP) is 21.1. The van der Waals surface area contributed by atoms with Crippen LogP contribution in [0.15, 0.2) is 60.8 Å². The van der Waals surface area contributed by atoms with Crippen LogP contribution in [0, 0.1) is 0 Å². The standard InChI is InChI=1S/C67H124NO8P/c1-3-5-7-9-11-13-15-17-19-21-23-24-25-26-27-28-29-30-31-32-33-34-35-36-37-38-39-40-42-44-46-48-50-52-54-56-58-60-67(70)76-65(64-75-77(71,72)74-62-61-68)63-73-66(69)59-57-55-53-51-49-47-45-43-41-22-20-18-16-14-12-10-8-6-4-2/h5,7,11,13,17-20,23-24,65H,3-4,6,8-10,12,14-16,21-22,25-64,68H2,1-2H3,(H,71,72)/b7-5-,13-11-,19-17-,20-18-,24-23-. The molecule has 0 radical (unpaired) electrons. The predicted molar refractivity (Wildman–Crippen MR) is 330 cm³/mol. The smallest absolute Gasteiger partial charge is 0.462 e. The van der Waals surface area contributed by atoms with Crippen LogP contribution in [0.3, 0.4) is 0 Å². The van der Waals surface area contributed by atoms with Gasteiger partial charge < -0.3 is 20.1 Å². The molecule has 3 N–H and O–H groups in total.